The van der Waals surface area contributed by atoms with Gasteiger partial charge in [0, 0.05) is 5.92 Å². The number of aryl methyl sites for hydroxylation is 1. The Balaban J connectivity index is 2.32. The van der Waals surface area contributed by atoms with Crippen LogP contribution in [0, 0.1) is 12.3 Å². The van der Waals surface area contributed by atoms with E-state index in [2.05, 4.69) is 44.9 Å². The smallest absolute Gasteiger partial charge is 0.123 e. The average Bonchev–Trinajstić information content (AvgIpc) is 2.26. The fraction of sp³-hybridized carbons (Fsp3) is 0.467. The fourth-order valence-electron chi connectivity index (χ4n) is 2.04. The second-order valence-corrected chi connectivity index (χ2v) is 5.12. The molecule has 1 aliphatic rings. The summed E-state index contributed by atoms with van der Waals surface area (Å²) in [5, 5.41) is 0. The quantitative estimate of drug-likeness (QED) is 0.650. The number of hydrogen-bond donors (Lipinski definition) is 0. The summed E-state index contributed by atoms with van der Waals surface area (Å²) in [7, 11) is 0. The maximum atomic E-state index is 5.94. The van der Waals surface area contributed by atoms with Crippen LogP contribution in [0.1, 0.15) is 44.2 Å². The Bertz CT molecular complexity index is 437. The van der Waals surface area contributed by atoms with Gasteiger partial charge in [-0.3, -0.25) is 0 Å². The van der Waals surface area contributed by atoms with E-state index in [1.165, 1.54) is 11.1 Å². The highest BCUT2D eigenvalue weighted by atomic mass is 16.5. The molecule has 0 amide bonds. The van der Waals surface area contributed by atoms with Gasteiger partial charge in [-0.2, -0.15) is 0 Å². The van der Waals surface area contributed by atoms with E-state index in [0.717, 1.165) is 18.6 Å². The second-order valence-electron chi connectivity index (χ2n) is 5.12. The molecule has 1 aromatic rings. The molecule has 0 fully saturated rings. The molecule has 0 N–H and O–H groups in total. The summed E-state index contributed by atoms with van der Waals surface area (Å²) >= 11 is 0. The van der Waals surface area contributed by atoms with Crippen LogP contribution in [0.25, 0.3) is 0 Å². The first-order chi connectivity index (χ1) is 7.52. The SMILES string of the molecule is C#CC(C)c1ccc2c(c1)CCC(C)(C)O2. The molecular formula is C15H18O. The molecule has 1 unspecified atom stereocenters. The maximum Gasteiger partial charge on any atom is 0.123 e. The van der Waals surface area contributed by atoms with Gasteiger partial charge in [0.1, 0.15) is 11.4 Å². The average molecular weight is 214 g/mol. The first-order valence-electron chi connectivity index (χ1n) is 5.80. The second kappa shape index (κ2) is 3.87. The summed E-state index contributed by atoms with van der Waals surface area (Å²) in [6.07, 6.45) is 7.58. The summed E-state index contributed by atoms with van der Waals surface area (Å²) in [4.78, 5) is 0. The minimum absolute atomic E-state index is 0.0355. The molecule has 0 aromatic heterocycles. The Kier molecular flexibility index (Phi) is 2.68. The number of terminal acetylenes is 1. The highest BCUT2D eigenvalue weighted by molar-refractivity contribution is 5.41. The van der Waals surface area contributed by atoms with Crippen LogP contribution in [0.5, 0.6) is 5.75 Å². The number of fused-ring (bicyclic) bond motifs is 1. The molecule has 2 rings (SSSR count). The van der Waals surface area contributed by atoms with E-state index in [-0.39, 0.29) is 11.5 Å². The number of ether oxygens (including phenoxy) is 1. The van der Waals surface area contributed by atoms with Gasteiger partial charge in [0.15, 0.2) is 0 Å². The molecule has 1 nitrogen and oxygen atoms in total. The highest BCUT2D eigenvalue weighted by Gasteiger charge is 2.26. The molecule has 84 valence electrons. The molecule has 1 heteroatoms. The summed E-state index contributed by atoms with van der Waals surface area (Å²) in [5.41, 5.74) is 2.47. The van der Waals surface area contributed by atoms with Crippen molar-refractivity contribution in [1.82, 2.24) is 0 Å². The van der Waals surface area contributed by atoms with Gasteiger partial charge in [0.25, 0.3) is 0 Å². The summed E-state index contributed by atoms with van der Waals surface area (Å²) in [6, 6.07) is 6.32. The fourth-order valence-corrected chi connectivity index (χ4v) is 2.04. The molecular weight excluding hydrogens is 196 g/mol. The molecule has 1 aromatic carbocycles. The number of rotatable bonds is 1. The first-order valence-corrected chi connectivity index (χ1v) is 5.80. The summed E-state index contributed by atoms with van der Waals surface area (Å²) < 4.78 is 5.94. The van der Waals surface area contributed by atoms with Crippen LogP contribution >= 0.6 is 0 Å². The van der Waals surface area contributed by atoms with E-state index >= 15 is 0 Å². The summed E-state index contributed by atoms with van der Waals surface area (Å²) in [5.74, 6) is 3.96. The third kappa shape index (κ3) is 2.07. The van der Waals surface area contributed by atoms with Gasteiger partial charge in [-0.15, -0.1) is 6.42 Å². The van der Waals surface area contributed by atoms with Crippen molar-refractivity contribution in [2.45, 2.75) is 45.1 Å². The van der Waals surface area contributed by atoms with Gasteiger partial charge < -0.3 is 4.74 Å². The lowest BCUT2D eigenvalue weighted by Crippen LogP contribution is -2.32. The largest absolute Gasteiger partial charge is 0.488 e. The Labute approximate surface area is 97.8 Å². The van der Waals surface area contributed by atoms with E-state index in [1.807, 2.05) is 0 Å². The van der Waals surface area contributed by atoms with E-state index < -0.39 is 0 Å². The minimum atomic E-state index is -0.0355. The van der Waals surface area contributed by atoms with Crippen LogP contribution in [0.4, 0.5) is 0 Å². The van der Waals surface area contributed by atoms with Gasteiger partial charge in [-0.1, -0.05) is 18.1 Å². The lowest BCUT2D eigenvalue weighted by molar-refractivity contribution is 0.0846. The van der Waals surface area contributed by atoms with Crippen LogP contribution < -0.4 is 4.74 Å². The van der Waals surface area contributed by atoms with Crippen molar-refractivity contribution in [1.29, 1.82) is 0 Å². The standard InChI is InChI=1S/C15H18O/c1-5-11(2)12-6-7-14-13(10-12)8-9-15(3,4)16-14/h1,6-7,10-11H,8-9H2,2-4H3. The van der Waals surface area contributed by atoms with Crippen molar-refractivity contribution in [3.8, 4) is 18.1 Å². The van der Waals surface area contributed by atoms with Crippen molar-refractivity contribution < 1.29 is 4.74 Å². The van der Waals surface area contributed by atoms with Crippen LogP contribution in [0.15, 0.2) is 18.2 Å². The zero-order valence-corrected chi connectivity index (χ0v) is 10.2. The van der Waals surface area contributed by atoms with Gasteiger partial charge in [0.05, 0.1) is 0 Å². The Hall–Kier alpha value is -1.42. The van der Waals surface area contributed by atoms with Crippen LogP contribution in [0.2, 0.25) is 0 Å². The lowest BCUT2D eigenvalue weighted by Gasteiger charge is -2.32. The van der Waals surface area contributed by atoms with Crippen molar-refractivity contribution in [2.24, 2.45) is 0 Å². The van der Waals surface area contributed by atoms with E-state index in [4.69, 9.17) is 11.2 Å². The monoisotopic (exact) mass is 214 g/mol. The zero-order valence-electron chi connectivity index (χ0n) is 10.2. The lowest BCUT2D eigenvalue weighted by atomic mass is 9.91. The van der Waals surface area contributed by atoms with Gasteiger partial charge in [0.2, 0.25) is 0 Å². The van der Waals surface area contributed by atoms with Crippen molar-refractivity contribution >= 4 is 0 Å². The predicted molar refractivity (Wildman–Crippen MR) is 66.7 cm³/mol. The van der Waals surface area contributed by atoms with Gasteiger partial charge >= 0.3 is 0 Å². The molecule has 0 bridgehead atoms. The number of benzene rings is 1. The first kappa shape index (κ1) is 11.1. The van der Waals surface area contributed by atoms with Crippen molar-refractivity contribution in [3.63, 3.8) is 0 Å². The summed E-state index contributed by atoms with van der Waals surface area (Å²) in [6.45, 7) is 6.32. The molecule has 0 saturated heterocycles. The Morgan fingerprint density at radius 2 is 2.19 bits per heavy atom. The van der Waals surface area contributed by atoms with Gasteiger partial charge in [-0.05, 0) is 50.8 Å². The van der Waals surface area contributed by atoms with E-state index in [0.29, 0.717) is 0 Å². The predicted octanol–water partition coefficient (Wildman–Crippen LogP) is 3.53. The molecule has 1 aliphatic heterocycles. The van der Waals surface area contributed by atoms with E-state index in [9.17, 15) is 0 Å². The molecule has 1 atom stereocenters. The zero-order chi connectivity index (χ0) is 11.8. The molecule has 16 heavy (non-hydrogen) atoms. The van der Waals surface area contributed by atoms with Crippen LogP contribution in [0.3, 0.4) is 0 Å². The molecule has 0 aliphatic carbocycles. The van der Waals surface area contributed by atoms with Crippen LogP contribution in [-0.4, -0.2) is 5.60 Å². The number of hydrogen-bond acceptors (Lipinski definition) is 1. The molecule has 0 spiro atoms. The molecule has 0 radical (unpaired) electrons. The third-order valence-electron chi connectivity index (χ3n) is 3.22. The van der Waals surface area contributed by atoms with Crippen molar-refractivity contribution in [2.75, 3.05) is 0 Å². The Morgan fingerprint density at radius 1 is 1.44 bits per heavy atom. The maximum absolute atomic E-state index is 5.94. The minimum Gasteiger partial charge on any atom is -0.488 e. The normalized spacial score (nSPS) is 19.1. The highest BCUT2D eigenvalue weighted by Crippen LogP contribution is 2.34. The van der Waals surface area contributed by atoms with Crippen LogP contribution in [-0.2, 0) is 6.42 Å². The Morgan fingerprint density at radius 3 is 2.88 bits per heavy atom. The van der Waals surface area contributed by atoms with Gasteiger partial charge in [-0.25, -0.2) is 0 Å². The third-order valence-corrected chi connectivity index (χ3v) is 3.22. The molecule has 0 saturated carbocycles. The molecule has 1 heterocycles. The van der Waals surface area contributed by atoms with Crippen molar-refractivity contribution in [3.05, 3.63) is 29.3 Å². The van der Waals surface area contributed by atoms with E-state index in [1.54, 1.807) is 0 Å². The topological polar surface area (TPSA) is 9.23 Å².